The van der Waals surface area contributed by atoms with Crippen molar-refractivity contribution in [3.8, 4) is 0 Å². The molecule has 0 saturated carbocycles. The minimum absolute atomic E-state index is 0.178. The smallest absolute Gasteiger partial charge is 0.0900 e. The molecule has 0 spiro atoms. The second-order valence-corrected chi connectivity index (χ2v) is 5.14. The van der Waals surface area contributed by atoms with E-state index in [1.165, 1.54) is 5.56 Å². The average molecular weight is 243 g/mol. The van der Waals surface area contributed by atoms with Crippen molar-refractivity contribution >= 4 is 11.3 Å². The lowest BCUT2D eigenvalue weighted by Crippen LogP contribution is -2.32. The molecule has 1 heterocycles. The summed E-state index contributed by atoms with van der Waals surface area (Å²) in [7, 11) is 2.01. The highest BCUT2D eigenvalue weighted by atomic mass is 32.1. The maximum Gasteiger partial charge on any atom is 0.0900 e. The van der Waals surface area contributed by atoms with Gasteiger partial charge in [-0.05, 0) is 43.3 Å². The van der Waals surface area contributed by atoms with E-state index in [1.807, 2.05) is 20.9 Å². The Balaban J connectivity index is 2.20. The average Bonchev–Trinajstić information content (AvgIpc) is 2.67. The summed E-state index contributed by atoms with van der Waals surface area (Å²) in [6.45, 7) is 5.88. The molecule has 0 aliphatic rings. The zero-order valence-corrected chi connectivity index (χ0v) is 11.0. The molecule has 0 fully saturated rings. The number of likely N-dealkylation sites (N-methyl/N-ethyl adjacent to an activating group) is 1. The van der Waals surface area contributed by atoms with E-state index in [9.17, 15) is 5.11 Å². The molecule has 0 amide bonds. The third-order valence-electron chi connectivity index (χ3n) is 2.18. The number of aliphatic hydroxyl groups excluding tert-OH is 1. The summed E-state index contributed by atoms with van der Waals surface area (Å²) in [5.41, 5.74) is 1.30. The molecule has 4 heteroatoms. The van der Waals surface area contributed by atoms with Crippen molar-refractivity contribution in [2.24, 2.45) is 0 Å². The standard InChI is InChI=1S/C12H21NO2S/c1-10(2)15-8-12(14)7-13(3)6-11-4-5-16-9-11/h4-5,9-10,12,14H,6-8H2,1-3H3/t12-/m0/s1. The molecule has 0 radical (unpaired) electrons. The van der Waals surface area contributed by atoms with Crippen molar-refractivity contribution in [2.45, 2.75) is 32.6 Å². The molecule has 1 rings (SSSR count). The van der Waals surface area contributed by atoms with E-state index in [2.05, 4.69) is 21.7 Å². The molecular formula is C12H21NO2S. The molecule has 0 saturated heterocycles. The van der Waals surface area contributed by atoms with Crippen LogP contribution in [0.25, 0.3) is 0 Å². The molecule has 1 atom stereocenters. The van der Waals surface area contributed by atoms with Crippen molar-refractivity contribution in [1.82, 2.24) is 4.90 Å². The van der Waals surface area contributed by atoms with Gasteiger partial charge in [-0.15, -0.1) is 0 Å². The SMILES string of the molecule is CC(C)OC[C@@H](O)CN(C)Cc1ccsc1. The molecule has 1 aromatic rings. The molecule has 0 aliphatic carbocycles. The fourth-order valence-corrected chi connectivity index (χ4v) is 2.13. The number of aliphatic hydroxyl groups is 1. The van der Waals surface area contributed by atoms with Gasteiger partial charge in [-0.25, -0.2) is 0 Å². The zero-order valence-electron chi connectivity index (χ0n) is 10.2. The Hall–Kier alpha value is -0.420. The predicted octanol–water partition coefficient (Wildman–Crippen LogP) is 1.97. The Bertz CT molecular complexity index is 275. The van der Waals surface area contributed by atoms with E-state index in [1.54, 1.807) is 11.3 Å². The van der Waals surface area contributed by atoms with Gasteiger partial charge in [0.15, 0.2) is 0 Å². The second-order valence-electron chi connectivity index (χ2n) is 4.36. The molecule has 1 N–H and O–H groups in total. The van der Waals surface area contributed by atoms with Gasteiger partial charge in [0, 0.05) is 13.1 Å². The zero-order chi connectivity index (χ0) is 12.0. The summed E-state index contributed by atoms with van der Waals surface area (Å²) in [4.78, 5) is 2.11. The highest BCUT2D eigenvalue weighted by Crippen LogP contribution is 2.08. The number of ether oxygens (including phenoxy) is 1. The first-order valence-electron chi connectivity index (χ1n) is 5.57. The Kier molecular flexibility index (Phi) is 5.98. The van der Waals surface area contributed by atoms with Crippen molar-refractivity contribution < 1.29 is 9.84 Å². The molecule has 3 nitrogen and oxygen atoms in total. The number of hydrogen-bond acceptors (Lipinski definition) is 4. The Labute approximate surface area is 102 Å². The minimum atomic E-state index is -0.411. The van der Waals surface area contributed by atoms with Gasteiger partial charge in [0.25, 0.3) is 0 Å². The molecule has 0 bridgehead atoms. The van der Waals surface area contributed by atoms with Crippen molar-refractivity contribution in [1.29, 1.82) is 0 Å². The highest BCUT2D eigenvalue weighted by Gasteiger charge is 2.09. The van der Waals surface area contributed by atoms with Gasteiger partial charge in [0.2, 0.25) is 0 Å². The Morgan fingerprint density at radius 1 is 1.50 bits per heavy atom. The lowest BCUT2D eigenvalue weighted by Gasteiger charge is -2.20. The number of nitrogens with zero attached hydrogens (tertiary/aromatic N) is 1. The Morgan fingerprint density at radius 2 is 2.25 bits per heavy atom. The van der Waals surface area contributed by atoms with Crippen LogP contribution >= 0.6 is 11.3 Å². The van der Waals surface area contributed by atoms with Crippen molar-refractivity contribution in [2.75, 3.05) is 20.2 Å². The van der Waals surface area contributed by atoms with Gasteiger partial charge in [0.05, 0.1) is 18.8 Å². The first kappa shape index (κ1) is 13.6. The van der Waals surface area contributed by atoms with Gasteiger partial charge in [-0.2, -0.15) is 11.3 Å². The van der Waals surface area contributed by atoms with E-state index >= 15 is 0 Å². The van der Waals surface area contributed by atoms with Gasteiger partial charge in [-0.1, -0.05) is 0 Å². The normalized spacial score (nSPS) is 13.6. The van der Waals surface area contributed by atoms with Crippen LogP contribution < -0.4 is 0 Å². The largest absolute Gasteiger partial charge is 0.389 e. The van der Waals surface area contributed by atoms with Gasteiger partial charge >= 0.3 is 0 Å². The van der Waals surface area contributed by atoms with Crippen LogP contribution in [-0.2, 0) is 11.3 Å². The van der Waals surface area contributed by atoms with Gasteiger partial charge < -0.3 is 9.84 Å². The minimum Gasteiger partial charge on any atom is -0.389 e. The topological polar surface area (TPSA) is 32.7 Å². The first-order valence-corrected chi connectivity index (χ1v) is 6.51. The lowest BCUT2D eigenvalue weighted by atomic mass is 10.3. The molecule has 92 valence electrons. The monoisotopic (exact) mass is 243 g/mol. The van der Waals surface area contributed by atoms with Crippen LogP contribution in [-0.4, -0.2) is 42.4 Å². The van der Waals surface area contributed by atoms with E-state index in [0.29, 0.717) is 13.2 Å². The van der Waals surface area contributed by atoms with Gasteiger partial charge in [0.1, 0.15) is 0 Å². The summed E-state index contributed by atoms with van der Waals surface area (Å²) in [5, 5.41) is 13.9. The third kappa shape index (κ3) is 5.61. The summed E-state index contributed by atoms with van der Waals surface area (Å²) in [6.07, 6.45) is -0.233. The van der Waals surface area contributed by atoms with Crippen LogP contribution in [0.1, 0.15) is 19.4 Å². The fourth-order valence-electron chi connectivity index (χ4n) is 1.47. The number of rotatable bonds is 7. The molecule has 16 heavy (non-hydrogen) atoms. The van der Waals surface area contributed by atoms with Crippen LogP contribution in [0.15, 0.2) is 16.8 Å². The number of thiophene rings is 1. The molecule has 1 aromatic heterocycles. The van der Waals surface area contributed by atoms with E-state index in [4.69, 9.17) is 4.74 Å². The van der Waals surface area contributed by atoms with Crippen LogP contribution in [0.4, 0.5) is 0 Å². The predicted molar refractivity (Wildman–Crippen MR) is 67.7 cm³/mol. The van der Waals surface area contributed by atoms with Crippen LogP contribution in [0, 0.1) is 0 Å². The van der Waals surface area contributed by atoms with Gasteiger partial charge in [-0.3, -0.25) is 4.90 Å². The highest BCUT2D eigenvalue weighted by molar-refractivity contribution is 7.07. The Morgan fingerprint density at radius 3 is 2.81 bits per heavy atom. The molecule has 0 unspecified atom stereocenters. The summed E-state index contributed by atoms with van der Waals surface area (Å²) >= 11 is 1.70. The van der Waals surface area contributed by atoms with Crippen LogP contribution in [0.3, 0.4) is 0 Å². The summed E-state index contributed by atoms with van der Waals surface area (Å²) in [6, 6.07) is 2.11. The maximum absolute atomic E-state index is 9.73. The first-order chi connectivity index (χ1) is 7.58. The van der Waals surface area contributed by atoms with E-state index < -0.39 is 6.10 Å². The van der Waals surface area contributed by atoms with Crippen LogP contribution in [0.2, 0.25) is 0 Å². The third-order valence-corrected chi connectivity index (χ3v) is 2.91. The van der Waals surface area contributed by atoms with Crippen molar-refractivity contribution in [3.63, 3.8) is 0 Å². The second kappa shape index (κ2) is 7.01. The molecule has 0 aromatic carbocycles. The van der Waals surface area contributed by atoms with Crippen LogP contribution in [0.5, 0.6) is 0 Å². The molecule has 0 aliphatic heterocycles. The lowest BCUT2D eigenvalue weighted by molar-refractivity contribution is -0.00633. The van der Waals surface area contributed by atoms with E-state index in [-0.39, 0.29) is 6.10 Å². The molecular weight excluding hydrogens is 222 g/mol. The van der Waals surface area contributed by atoms with Crippen molar-refractivity contribution in [3.05, 3.63) is 22.4 Å². The number of hydrogen-bond donors (Lipinski definition) is 1. The fraction of sp³-hybridized carbons (Fsp3) is 0.667. The summed E-state index contributed by atoms with van der Waals surface area (Å²) < 4.78 is 5.37. The van der Waals surface area contributed by atoms with E-state index in [0.717, 1.165) is 6.54 Å². The maximum atomic E-state index is 9.73. The quantitative estimate of drug-likeness (QED) is 0.794. The summed E-state index contributed by atoms with van der Waals surface area (Å²) in [5.74, 6) is 0.